The van der Waals surface area contributed by atoms with Gasteiger partial charge in [0.2, 0.25) is 0 Å². The van der Waals surface area contributed by atoms with E-state index in [0.29, 0.717) is 6.42 Å². The van der Waals surface area contributed by atoms with Crippen LogP contribution in [0.15, 0.2) is 30.3 Å². The van der Waals surface area contributed by atoms with Gasteiger partial charge >= 0.3 is 5.97 Å². The molecule has 118 valence electrons. The van der Waals surface area contributed by atoms with Crippen LogP contribution in [0, 0.1) is 0 Å². The van der Waals surface area contributed by atoms with Crippen molar-refractivity contribution >= 4 is 16.2 Å². The van der Waals surface area contributed by atoms with Crippen molar-refractivity contribution in [2.24, 2.45) is 0 Å². The van der Waals surface area contributed by atoms with Gasteiger partial charge in [0.15, 0.2) is 0 Å². The van der Waals surface area contributed by atoms with Gasteiger partial charge < -0.3 is 5.11 Å². The number of carbonyl (C=O) groups is 1. The summed E-state index contributed by atoms with van der Waals surface area (Å²) in [6, 6.07) is 8.04. The van der Waals surface area contributed by atoms with Crippen molar-refractivity contribution in [2.45, 2.75) is 38.8 Å². The van der Waals surface area contributed by atoms with E-state index in [2.05, 4.69) is 4.72 Å². The zero-order valence-corrected chi connectivity index (χ0v) is 13.1. The van der Waals surface area contributed by atoms with Gasteiger partial charge in [-0.05, 0) is 12.0 Å². The lowest BCUT2D eigenvalue weighted by atomic mass is 10.1. The maximum atomic E-state index is 12.2. The molecule has 1 unspecified atom stereocenters. The van der Waals surface area contributed by atoms with Crippen LogP contribution in [0.5, 0.6) is 0 Å². The van der Waals surface area contributed by atoms with E-state index in [0.717, 1.165) is 16.3 Å². The van der Waals surface area contributed by atoms with E-state index in [1.807, 2.05) is 37.3 Å². The fraction of sp³-hybridized carbons (Fsp3) is 0.500. The Hall–Kier alpha value is -1.44. The van der Waals surface area contributed by atoms with Gasteiger partial charge in [0.05, 0.1) is 0 Å². The SMILES string of the molecule is CCCCC(NS(=O)(=O)N(C)Cc1ccccc1)C(=O)O. The van der Waals surface area contributed by atoms with Gasteiger partial charge in [-0.2, -0.15) is 17.4 Å². The molecule has 2 N–H and O–H groups in total. The second-order valence-electron chi connectivity index (χ2n) is 4.90. The molecule has 0 aliphatic heterocycles. The summed E-state index contributed by atoms with van der Waals surface area (Å²) >= 11 is 0. The van der Waals surface area contributed by atoms with Gasteiger partial charge in [-0.15, -0.1) is 0 Å². The molecule has 0 saturated heterocycles. The third kappa shape index (κ3) is 5.82. The molecule has 1 rings (SSSR count). The molecule has 0 radical (unpaired) electrons. The molecule has 0 fully saturated rings. The summed E-state index contributed by atoms with van der Waals surface area (Å²) in [5.41, 5.74) is 0.839. The van der Waals surface area contributed by atoms with Crippen molar-refractivity contribution in [1.29, 1.82) is 0 Å². The minimum atomic E-state index is -3.83. The average Bonchev–Trinajstić information content (AvgIpc) is 2.44. The van der Waals surface area contributed by atoms with E-state index in [1.54, 1.807) is 0 Å². The number of carboxylic acid groups (broad SMARTS) is 1. The van der Waals surface area contributed by atoms with Crippen LogP contribution < -0.4 is 4.72 Å². The molecule has 0 aliphatic rings. The summed E-state index contributed by atoms with van der Waals surface area (Å²) in [6.07, 6.45) is 1.75. The molecule has 1 aromatic rings. The summed E-state index contributed by atoms with van der Waals surface area (Å²) in [6.45, 7) is 2.12. The molecule has 0 amide bonds. The van der Waals surface area contributed by atoms with Crippen LogP contribution in [0.2, 0.25) is 0 Å². The Morgan fingerprint density at radius 2 is 1.95 bits per heavy atom. The van der Waals surface area contributed by atoms with E-state index in [9.17, 15) is 13.2 Å². The smallest absolute Gasteiger partial charge is 0.321 e. The molecule has 0 aromatic heterocycles. The van der Waals surface area contributed by atoms with Crippen LogP contribution in [0.1, 0.15) is 31.7 Å². The first-order valence-corrected chi connectivity index (χ1v) is 8.31. The predicted octanol–water partition coefficient (Wildman–Crippen LogP) is 1.60. The summed E-state index contributed by atoms with van der Waals surface area (Å²) in [7, 11) is -2.41. The quantitative estimate of drug-likeness (QED) is 0.725. The summed E-state index contributed by atoms with van der Waals surface area (Å²) in [4.78, 5) is 11.1. The second-order valence-corrected chi connectivity index (χ2v) is 6.71. The fourth-order valence-corrected chi connectivity index (χ4v) is 2.91. The Morgan fingerprint density at radius 1 is 1.33 bits per heavy atom. The average molecular weight is 314 g/mol. The highest BCUT2D eigenvalue weighted by Crippen LogP contribution is 2.08. The second kappa shape index (κ2) is 8.11. The number of aliphatic carboxylic acids is 1. The molecular formula is C14H22N2O4S. The van der Waals surface area contributed by atoms with Crippen LogP contribution in [-0.4, -0.2) is 36.9 Å². The number of hydrogen-bond acceptors (Lipinski definition) is 3. The number of hydrogen-bond donors (Lipinski definition) is 2. The summed E-state index contributed by atoms with van der Waals surface area (Å²) < 4.78 is 27.7. The lowest BCUT2D eigenvalue weighted by molar-refractivity contribution is -0.139. The predicted molar refractivity (Wildman–Crippen MR) is 80.9 cm³/mol. The molecule has 0 saturated carbocycles. The van der Waals surface area contributed by atoms with Gasteiger partial charge in [0, 0.05) is 13.6 Å². The minimum Gasteiger partial charge on any atom is -0.480 e. The van der Waals surface area contributed by atoms with Crippen molar-refractivity contribution in [3.8, 4) is 0 Å². The first-order chi connectivity index (χ1) is 9.86. The van der Waals surface area contributed by atoms with Gasteiger partial charge in [0.1, 0.15) is 6.04 Å². The maximum Gasteiger partial charge on any atom is 0.321 e. The largest absolute Gasteiger partial charge is 0.480 e. The van der Waals surface area contributed by atoms with Crippen molar-refractivity contribution < 1.29 is 18.3 Å². The number of rotatable bonds is 9. The Bertz CT molecular complexity index is 545. The van der Waals surface area contributed by atoms with Gasteiger partial charge in [-0.3, -0.25) is 4.79 Å². The summed E-state index contributed by atoms with van der Waals surface area (Å²) in [5.74, 6) is -1.15. The van der Waals surface area contributed by atoms with Crippen LogP contribution in [0.4, 0.5) is 0 Å². The van der Waals surface area contributed by atoms with Crippen molar-refractivity contribution in [1.82, 2.24) is 9.03 Å². The van der Waals surface area contributed by atoms with Crippen LogP contribution in [0.25, 0.3) is 0 Å². The molecule has 21 heavy (non-hydrogen) atoms. The van der Waals surface area contributed by atoms with Crippen LogP contribution >= 0.6 is 0 Å². The third-order valence-electron chi connectivity index (χ3n) is 3.09. The highest BCUT2D eigenvalue weighted by molar-refractivity contribution is 7.87. The number of nitrogens with one attached hydrogen (secondary N) is 1. The topological polar surface area (TPSA) is 86.7 Å². The van der Waals surface area contributed by atoms with Crippen molar-refractivity contribution in [2.75, 3.05) is 7.05 Å². The number of nitrogens with zero attached hydrogens (tertiary/aromatic N) is 1. The van der Waals surface area contributed by atoms with E-state index >= 15 is 0 Å². The monoisotopic (exact) mass is 314 g/mol. The molecule has 0 heterocycles. The van der Waals surface area contributed by atoms with E-state index in [4.69, 9.17) is 5.11 Å². The van der Waals surface area contributed by atoms with Crippen molar-refractivity contribution in [3.63, 3.8) is 0 Å². The maximum absolute atomic E-state index is 12.2. The third-order valence-corrected chi connectivity index (χ3v) is 4.63. The standard InChI is InChI=1S/C14H22N2O4S/c1-3-4-10-13(14(17)18)15-21(19,20)16(2)11-12-8-6-5-7-9-12/h5-9,13,15H,3-4,10-11H2,1-2H3,(H,17,18). The Kier molecular flexibility index (Phi) is 6.80. The fourth-order valence-electron chi connectivity index (χ4n) is 1.84. The van der Waals surface area contributed by atoms with E-state index in [1.165, 1.54) is 7.05 Å². The van der Waals surface area contributed by atoms with Gasteiger partial charge in [-0.1, -0.05) is 50.1 Å². The molecule has 0 aliphatic carbocycles. The highest BCUT2D eigenvalue weighted by Gasteiger charge is 2.26. The molecule has 0 bridgehead atoms. The Balaban J connectivity index is 2.72. The molecule has 7 heteroatoms. The lowest BCUT2D eigenvalue weighted by Gasteiger charge is -2.21. The lowest BCUT2D eigenvalue weighted by Crippen LogP contribution is -2.46. The molecule has 1 aromatic carbocycles. The molecule has 0 spiro atoms. The number of unbranched alkanes of at least 4 members (excludes halogenated alkanes) is 1. The Labute approximate surface area is 126 Å². The van der Waals surface area contributed by atoms with Gasteiger partial charge in [0.25, 0.3) is 10.2 Å². The van der Waals surface area contributed by atoms with E-state index < -0.39 is 22.2 Å². The number of carboxylic acids is 1. The first-order valence-electron chi connectivity index (χ1n) is 6.87. The zero-order valence-electron chi connectivity index (χ0n) is 12.3. The highest BCUT2D eigenvalue weighted by atomic mass is 32.2. The summed E-state index contributed by atoms with van der Waals surface area (Å²) in [5, 5.41) is 9.09. The normalized spacial score (nSPS) is 13.3. The first kappa shape index (κ1) is 17.6. The van der Waals surface area contributed by atoms with E-state index in [-0.39, 0.29) is 13.0 Å². The van der Waals surface area contributed by atoms with Crippen LogP contribution in [-0.2, 0) is 21.5 Å². The number of benzene rings is 1. The zero-order chi connectivity index (χ0) is 15.9. The molecular weight excluding hydrogens is 292 g/mol. The van der Waals surface area contributed by atoms with Gasteiger partial charge in [-0.25, -0.2) is 0 Å². The molecule has 1 atom stereocenters. The van der Waals surface area contributed by atoms with Crippen LogP contribution in [0.3, 0.4) is 0 Å². The molecule has 6 nitrogen and oxygen atoms in total. The minimum absolute atomic E-state index is 0.191. The Morgan fingerprint density at radius 3 is 2.48 bits per heavy atom. The van der Waals surface area contributed by atoms with Crippen molar-refractivity contribution in [3.05, 3.63) is 35.9 Å².